The number of hydrogen-bond acceptors (Lipinski definition) is 5. The summed E-state index contributed by atoms with van der Waals surface area (Å²) in [4.78, 5) is 19.2. The first-order valence-electron chi connectivity index (χ1n) is 7.17. The van der Waals surface area contributed by atoms with Crippen molar-refractivity contribution < 1.29 is 9.90 Å². The number of aromatic nitrogens is 1. The Morgan fingerprint density at radius 3 is 2.86 bits per heavy atom. The first kappa shape index (κ1) is 14.3. The lowest BCUT2D eigenvalue weighted by molar-refractivity contribution is 0.0526. The van der Waals surface area contributed by atoms with Crippen LogP contribution in [0.3, 0.4) is 0 Å². The number of nitrogens with two attached hydrogens (primary N) is 1. The van der Waals surface area contributed by atoms with Crippen molar-refractivity contribution in [3.8, 4) is 0 Å². The number of pyridine rings is 1. The van der Waals surface area contributed by atoms with Gasteiger partial charge in [-0.05, 0) is 31.7 Å². The number of anilines is 1. The second-order valence-corrected chi connectivity index (χ2v) is 6.64. The molecule has 1 atom stereocenters. The SMILES string of the molecule is CC(O)C1CCN(C(=O)c2sc3cnccc3c2N)CC1. The van der Waals surface area contributed by atoms with E-state index >= 15 is 0 Å². The predicted molar refractivity (Wildman–Crippen MR) is 84.3 cm³/mol. The van der Waals surface area contributed by atoms with Gasteiger partial charge in [0.1, 0.15) is 4.88 Å². The first-order chi connectivity index (χ1) is 10.1. The van der Waals surface area contributed by atoms with Gasteiger partial charge in [0.2, 0.25) is 0 Å². The van der Waals surface area contributed by atoms with E-state index in [2.05, 4.69) is 4.98 Å². The van der Waals surface area contributed by atoms with Crippen LogP contribution >= 0.6 is 11.3 Å². The van der Waals surface area contributed by atoms with Crippen LogP contribution in [-0.4, -0.2) is 40.1 Å². The highest BCUT2D eigenvalue weighted by Gasteiger charge is 2.28. The van der Waals surface area contributed by atoms with Crippen molar-refractivity contribution in [2.24, 2.45) is 5.92 Å². The Morgan fingerprint density at radius 1 is 1.52 bits per heavy atom. The first-order valence-corrected chi connectivity index (χ1v) is 7.99. The van der Waals surface area contributed by atoms with Gasteiger partial charge in [-0.1, -0.05) is 0 Å². The minimum atomic E-state index is -0.303. The third-order valence-electron chi connectivity index (χ3n) is 4.23. The summed E-state index contributed by atoms with van der Waals surface area (Å²) in [7, 11) is 0. The van der Waals surface area contributed by atoms with E-state index in [-0.39, 0.29) is 17.9 Å². The molecule has 1 aliphatic rings. The van der Waals surface area contributed by atoms with E-state index in [4.69, 9.17) is 5.73 Å². The molecule has 3 heterocycles. The number of carbonyl (C=O) groups is 1. The van der Waals surface area contributed by atoms with Crippen LogP contribution in [0, 0.1) is 5.92 Å². The van der Waals surface area contributed by atoms with Crippen molar-refractivity contribution in [3.05, 3.63) is 23.3 Å². The number of likely N-dealkylation sites (tertiary alicyclic amines) is 1. The second kappa shape index (κ2) is 5.61. The van der Waals surface area contributed by atoms with Crippen LogP contribution in [0.25, 0.3) is 10.1 Å². The van der Waals surface area contributed by atoms with Crippen molar-refractivity contribution in [1.29, 1.82) is 0 Å². The lowest BCUT2D eigenvalue weighted by atomic mass is 9.92. The van der Waals surface area contributed by atoms with Gasteiger partial charge < -0.3 is 15.7 Å². The fourth-order valence-electron chi connectivity index (χ4n) is 2.86. The van der Waals surface area contributed by atoms with Gasteiger partial charge in [-0.15, -0.1) is 11.3 Å². The average Bonchev–Trinajstić information content (AvgIpc) is 2.84. The molecule has 6 heteroatoms. The zero-order valence-corrected chi connectivity index (χ0v) is 12.8. The largest absolute Gasteiger partial charge is 0.397 e. The minimum Gasteiger partial charge on any atom is -0.397 e. The maximum atomic E-state index is 12.6. The molecule has 0 radical (unpaired) electrons. The molecule has 1 amide bonds. The molecule has 0 aromatic carbocycles. The quantitative estimate of drug-likeness (QED) is 0.890. The van der Waals surface area contributed by atoms with E-state index in [9.17, 15) is 9.90 Å². The van der Waals surface area contributed by atoms with Crippen molar-refractivity contribution in [2.75, 3.05) is 18.8 Å². The lowest BCUT2D eigenvalue weighted by Crippen LogP contribution is -2.40. The number of nitrogen functional groups attached to an aromatic ring is 1. The molecule has 0 saturated carbocycles. The third-order valence-corrected chi connectivity index (χ3v) is 5.38. The van der Waals surface area contributed by atoms with Gasteiger partial charge in [-0.25, -0.2) is 0 Å². The molecule has 1 fully saturated rings. The molecule has 1 aliphatic heterocycles. The van der Waals surface area contributed by atoms with E-state index < -0.39 is 0 Å². The Balaban J connectivity index is 1.80. The summed E-state index contributed by atoms with van der Waals surface area (Å²) in [5.41, 5.74) is 6.67. The summed E-state index contributed by atoms with van der Waals surface area (Å²) in [5, 5.41) is 10.5. The maximum Gasteiger partial charge on any atom is 0.266 e. The summed E-state index contributed by atoms with van der Waals surface area (Å²) in [6.45, 7) is 3.18. The van der Waals surface area contributed by atoms with Crippen molar-refractivity contribution in [2.45, 2.75) is 25.9 Å². The number of nitrogens with zero attached hydrogens (tertiary/aromatic N) is 2. The number of thiophene rings is 1. The molecule has 2 aromatic rings. The Labute approximate surface area is 127 Å². The Morgan fingerprint density at radius 2 is 2.24 bits per heavy atom. The smallest absolute Gasteiger partial charge is 0.266 e. The minimum absolute atomic E-state index is 0.00209. The third kappa shape index (κ3) is 2.61. The average molecular weight is 305 g/mol. The van der Waals surface area contributed by atoms with E-state index in [0.29, 0.717) is 23.7 Å². The summed E-state index contributed by atoms with van der Waals surface area (Å²) >= 11 is 1.40. The molecule has 112 valence electrons. The van der Waals surface area contributed by atoms with E-state index in [1.165, 1.54) is 11.3 Å². The fraction of sp³-hybridized carbons (Fsp3) is 0.467. The summed E-state index contributed by atoms with van der Waals surface area (Å²) in [6, 6.07) is 1.84. The topological polar surface area (TPSA) is 79.5 Å². The molecule has 0 bridgehead atoms. The molecular formula is C15H19N3O2S. The standard InChI is InChI=1S/C15H19N3O2S/c1-9(19)10-3-6-18(7-4-10)15(20)14-13(16)11-2-5-17-8-12(11)21-14/h2,5,8-10,19H,3-4,6-7,16H2,1H3. The zero-order valence-electron chi connectivity index (χ0n) is 12.0. The number of fused-ring (bicyclic) bond motifs is 1. The van der Waals surface area contributed by atoms with Crippen LogP contribution < -0.4 is 5.73 Å². The number of amides is 1. The number of aliphatic hydroxyl groups excluding tert-OH is 1. The van der Waals surface area contributed by atoms with Crippen LogP contribution in [0.5, 0.6) is 0 Å². The van der Waals surface area contributed by atoms with Crippen molar-refractivity contribution >= 4 is 33.0 Å². The molecule has 3 rings (SSSR count). The number of piperidine rings is 1. The monoisotopic (exact) mass is 305 g/mol. The van der Waals surface area contributed by atoms with Crippen LogP contribution in [0.4, 0.5) is 5.69 Å². The summed E-state index contributed by atoms with van der Waals surface area (Å²) in [5.74, 6) is 0.288. The van der Waals surface area contributed by atoms with Crippen LogP contribution in [-0.2, 0) is 0 Å². The summed E-state index contributed by atoms with van der Waals surface area (Å²) < 4.78 is 0.942. The maximum absolute atomic E-state index is 12.6. The number of aliphatic hydroxyl groups is 1. The van der Waals surface area contributed by atoms with Gasteiger partial charge >= 0.3 is 0 Å². The molecule has 1 saturated heterocycles. The van der Waals surface area contributed by atoms with E-state index in [0.717, 1.165) is 22.9 Å². The van der Waals surface area contributed by atoms with E-state index in [1.807, 2.05) is 17.9 Å². The molecule has 0 aliphatic carbocycles. The second-order valence-electron chi connectivity index (χ2n) is 5.59. The van der Waals surface area contributed by atoms with Crippen LogP contribution in [0.2, 0.25) is 0 Å². The Bertz CT molecular complexity index is 660. The molecular weight excluding hydrogens is 286 g/mol. The normalized spacial score (nSPS) is 18.1. The van der Waals surface area contributed by atoms with E-state index in [1.54, 1.807) is 12.4 Å². The Kier molecular flexibility index (Phi) is 3.82. The van der Waals surface area contributed by atoms with Gasteiger partial charge in [0.25, 0.3) is 5.91 Å². The molecule has 21 heavy (non-hydrogen) atoms. The summed E-state index contributed by atoms with van der Waals surface area (Å²) in [6.07, 6.45) is 4.81. The highest BCUT2D eigenvalue weighted by Crippen LogP contribution is 2.34. The molecule has 5 nitrogen and oxygen atoms in total. The van der Waals surface area contributed by atoms with Crippen molar-refractivity contribution in [1.82, 2.24) is 9.88 Å². The molecule has 0 spiro atoms. The fourth-order valence-corrected chi connectivity index (χ4v) is 3.92. The van der Waals surface area contributed by atoms with Crippen LogP contribution in [0.1, 0.15) is 29.4 Å². The van der Waals surface area contributed by atoms with Crippen LogP contribution in [0.15, 0.2) is 18.5 Å². The number of hydrogen-bond donors (Lipinski definition) is 2. The Hall–Kier alpha value is -1.66. The molecule has 3 N–H and O–H groups in total. The lowest BCUT2D eigenvalue weighted by Gasteiger charge is -2.33. The highest BCUT2D eigenvalue weighted by molar-refractivity contribution is 7.21. The molecule has 2 aromatic heterocycles. The highest BCUT2D eigenvalue weighted by atomic mass is 32.1. The number of carbonyl (C=O) groups excluding carboxylic acids is 1. The predicted octanol–water partition coefficient (Wildman–Crippen LogP) is 2.11. The zero-order chi connectivity index (χ0) is 15.0. The van der Waals surface area contributed by atoms with Crippen molar-refractivity contribution in [3.63, 3.8) is 0 Å². The van der Waals surface area contributed by atoms with Gasteiger partial charge in [0.15, 0.2) is 0 Å². The number of rotatable bonds is 2. The van der Waals surface area contributed by atoms with Gasteiger partial charge in [-0.2, -0.15) is 0 Å². The van der Waals surface area contributed by atoms with Gasteiger partial charge in [-0.3, -0.25) is 9.78 Å². The van der Waals surface area contributed by atoms with Gasteiger partial charge in [0.05, 0.1) is 16.5 Å². The van der Waals surface area contributed by atoms with Gasteiger partial charge in [0, 0.05) is 30.9 Å². The molecule has 1 unspecified atom stereocenters.